The highest BCUT2D eigenvalue weighted by Gasteiger charge is 2.19. The van der Waals surface area contributed by atoms with Crippen LogP contribution < -0.4 is 14.8 Å². The van der Waals surface area contributed by atoms with Gasteiger partial charge in [0.15, 0.2) is 23.6 Å². The van der Waals surface area contributed by atoms with Crippen LogP contribution in [0.2, 0.25) is 0 Å². The van der Waals surface area contributed by atoms with E-state index < -0.39 is 35.2 Å². The first-order valence-corrected chi connectivity index (χ1v) is 8.82. The van der Waals surface area contributed by atoms with Gasteiger partial charge in [-0.15, -0.1) is 0 Å². The van der Waals surface area contributed by atoms with Gasteiger partial charge in [0.1, 0.15) is 18.1 Å². The van der Waals surface area contributed by atoms with E-state index in [9.17, 15) is 18.0 Å². The van der Waals surface area contributed by atoms with E-state index in [2.05, 4.69) is 5.32 Å². The minimum atomic E-state index is -1.65. The Hall–Kier alpha value is -3.48. The first-order valence-electron chi connectivity index (χ1n) is 8.82. The number of carbonyl (C=O) groups is 1. The normalized spacial score (nSPS) is 11.6. The highest BCUT2D eigenvalue weighted by molar-refractivity contribution is 5.94. The van der Waals surface area contributed by atoms with E-state index in [1.165, 1.54) is 6.92 Å². The standard InChI is InChI=1S/C22H18F3NO3/c1-14(22(27)26-19-12-11-18(23)20(24)21(19)25)29-17-9-7-16(8-10-17)28-13-15-5-3-2-4-6-15/h2-12,14H,13H2,1H3,(H,26,27)/t14-/m1/s1. The van der Waals surface area contributed by atoms with Gasteiger partial charge in [0.05, 0.1) is 5.69 Å². The molecular weight excluding hydrogens is 383 g/mol. The smallest absolute Gasteiger partial charge is 0.265 e. The third kappa shape index (κ3) is 5.28. The molecule has 1 N–H and O–H groups in total. The van der Waals surface area contributed by atoms with E-state index in [0.717, 1.165) is 17.7 Å². The molecule has 4 nitrogen and oxygen atoms in total. The predicted octanol–water partition coefficient (Wildman–Crippen LogP) is 5.09. The zero-order valence-electron chi connectivity index (χ0n) is 15.5. The Bertz CT molecular complexity index is 979. The first-order chi connectivity index (χ1) is 13.9. The van der Waals surface area contributed by atoms with Crippen molar-refractivity contribution in [2.24, 2.45) is 0 Å². The maximum Gasteiger partial charge on any atom is 0.265 e. The Labute approximate surface area is 165 Å². The fraction of sp³-hybridized carbons (Fsp3) is 0.136. The molecule has 29 heavy (non-hydrogen) atoms. The van der Waals surface area contributed by atoms with Gasteiger partial charge in [0.25, 0.3) is 5.91 Å². The van der Waals surface area contributed by atoms with Gasteiger partial charge in [-0.25, -0.2) is 13.2 Å². The molecular formula is C22H18F3NO3. The fourth-order valence-corrected chi connectivity index (χ4v) is 2.47. The molecule has 0 unspecified atom stereocenters. The van der Waals surface area contributed by atoms with Crippen LogP contribution in [-0.4, -0.2) is 12.0 Å². The van der Waals surface area contributed by atoms with E-state index in [1.54, 1.807) is 24.3 Å². The van der Waals surface area contributed by atoms with E-state index in [4.69, 9.17) is 9.47 Å². The van der Waals surface area contributed by atoms with Crippen LogP contribution in [0.25, 0.3) is 0 Å². The van der Waals surface area contributed by atoms with Crippen molar-refractivity contribution in [3.05, 3.63) is 89.7 Å². The van der Waals surface area contributed by atoms with Crippen molar-refractivity contribution in [3.8, 4) is 11.5 Å². The molecule has 1 amide bonds. The molecule has 0 aliphatic carbocycles. The second kappa shape index (κ2) is 9.14. The molecule has 150 valence electrons. The van der Waals surface area contributed by atoms with E-state index in [1.807, 2.05) is 30.3 Å². The SMILES string of the molecule is C[C@@H](Oc1ccc(OCc2ccccc2)cc1)C(=O)Nc1ccc(F)c(F)c1F. The van der Waals surface area contributed by atoms with Crippen LogP contribution in [-0.2, 0) is 11.4 Å². The summed E-state index contributed by atoms with van der Waals surface area (Å²) in [7, 11) is 0. The van der Waals surface area contributed by atoms with Crippen LogP contribution in [0.15, 0.2) is 66.7 Å². The quantitative estimate of drug-likeness (QED) is 0.561. The lowest BCUT2D eigenvalue weighted by Crippen LogP contribution is -2.30. The molecule has 0 radical (unpaired) electrons. The van der Waals surface area contributed by atoms with Gasteiger partial charge in [0, 0.05) is 0 Å². The van der Waals surface area contributed by atoms with Gasteiger partial charge < -0.3 is 14.8 Å². The van der Waals surface area contributed by atoms with E-state index >= 15 is 0 Å². The van der Waals surface area contributed by atoms with Gasteiger partial charge in [-0.1, -0.05) is 30.3 Å². The van der Waals surface area contributed by atoms with E-state index in [-0.39, 0.29) is 0 Å². The number of hydrogen-bond acceptors (Lipinski definition) is 3. The molecule has 1 atom stereocenters. The number of anilines is 1. The van der Waals surface area contributed by atoms with Crippen LogP contribution in [0, 0.1) is 17.5 Å². The van der Waals surface area contributed by atoms with Crippen molar-refractivity contribution >= 4 is 11.6 Å². The average molecular weight is 401 g/mol. The minimum absolute atomic E-state index is 0.394. The van der Waals surface area contributed by atoms with Crippen molar-refractivity contribution in [2.45, 2.75) is 19.6 Å². The predicted molar refractivity (Wildman–Crippen MR) is 102 cm³/mol. The van der Waals surface area contributed by atoms with Crippen LogP contribution in [0.1, 0.15) is 12.5 Å². The molecule has 3 aromatic rings. The minimum Gasteiger partial charge on any atom is -0.489 e. The molecule has 0 spiro atoms. The van der Waals surface area contributed by atoms with Gasteiger partial charge in [-0.3, -0.25) is 4.79 Å². The maximum atomic E-state index is 13.7. The van der Waals surface area contributed by atoms with Gasteiger partial charge >= 0.3 is 0 Å². The Morgan fingerprint density at radius 2 is 1.55 bits per heavy atom. The molecule has 0 saturated heterocycles. The van der Waals surface area contributed by atoms with Crippen molar-refractivity contribution < 1.29 is 27.4 Å². The molecule has 0 aromatic heterocycles. The number of nitrogens with one attached hydrogen (secondary N) is 1. The monoisotopic (exact) mass is 401 g/mol. The second-order valence-electron chi connectivity index (χ2n) is 6.22. The molecule has 0 heterocycles. The summed E-state index contributed by atoms with van der Waals surface area (Å²) in [6, 6.07) is 18.0. The Balaban J connectivity index is 1.55. The number of hydrogen-bond donors (Lipinski definition) is 1. The van der Waals surface area contributed by atoms with Gasteiger partial charge in [-0.2, -0.15) is 0 Å². The number of ether oxygens (including phenoxy) is 2. The van der Waals surface area contributed by atoms with Gasteiger partial charge in [-0.05, 0) is 48.9 Å². The second-order valence-corrected chi connectivity index (χ2v) is 6.22. The molecule has 0 aliphatic heterocycles. The Kier molecular flexibility index (Phi) is 6.39. The number of carbonyl (C=O) groups excluding carboxylic acids is 1. The Morgan fingerprint density at radius 1 is 0.897 bits per heavy atom. The van der Waals surface area contributed by atoms with Crippen molar-refractivity contribution in [1.29, 1.82) is 0 Å². The number of halogens is 3. The summed E-state index contributed by atoms with van der Waals surface area (Å²) in [5.41, 5.74) is 0.566. The lowest BCUT2D eigenvalue weighted by molar-refractivity contribution is -0.122. The van der Waals surface area contributed by atoms with Crippen molar-refractivity contribution in [1.82, 2.24) is 0 Å². The van der Waals surface area contributed by atoms with Crippen LogP contribution in [0.3, 0.4) is 0 Å². The average Bonchev–Trinajstić information content (AvgIpc) is 2.74. The summed E-state index contributed by atoms with van der Waals surface area (Å²) in [5, 5.41) is 2.18. The molecule has 7 heteroatoms. The molecule has 0 bridgehead atoms. The highest BCUT2D eigenvalue weighted by atomic mass is 19.2. The number of amides is 1. The zero-order valence-corrected chi connectivity index (χ0v) is 15.5. The third-order valence-electron chi connectivity index (χ3n) is 4.05. The van der Waals surface area contributed by atoms with Crippen molar-refractivity contribution in [2.75, 3.05) is 5.32 Å². The van der Waals surface area contributed by atoms with E-state index in [0.29, 0.717) is 18.1 Å². The number of rotatable bonds is 7. The lowest BCUT2D eigenvalue weighted by Gasteiger charge is -2.15. The van der Waals surface area contributed by atoms with Crippen LogP contribution in [0.5, 0.6) is 11.5 Å². The lowest BCUT2D eigenvalue weighted by atomic mass is 10.2. The van der Waals surface area contributed by atoms with Gasteiger partial charge in [0.2, 0.25) is 0 Å². The fourth-order valence-electron chi connectivity index (χ4n) is 2.47. The molecule has 0 aliphatic rings. The number of benzene rings is 3. The van der Waals surface area contributed by atoms with Crippen LogP contribution in [0.4, 0.5) is 18.9 Å². The third-order valence-corrected chi connectivity index (χ3v) is 4.05. The van der Waals surface area contributed by atoms with Crippen LogP contribution >= 0.6 is 0 Å². The molecule has 3 rings (SSSR count). The summed E-state index contributed by atoms with van der Waals surface area (Å²) < 4.78 is 51.1. The maximum absolute atomic E-state index is 13.7. The summed E-state index contributed by atoms with van der Waals surface area (Å²) in [4.78, 5) is 12.1. The van der Waals surface area contributed by atoms with Crippen molar-refractivity contribution in [3.63, 3.8) is 0 Å². The topological polar surface area (TPSA) is 47.6 Å². The molecule has 0 fully saturated rings. The molecule has 3 aromatic carbocycles. The summed E-state index contributed by atoms with van der Waals surface area (Å²) >= 11 is 0. The molecule has 0 saturated carbocycles. The first kappa shape index (κ1) is 20.3. The summed E-state index contributed by atoms with van der Waals surface area (Å²) in [6.07, 6.45) is -1.00. The Morgan fingerprint density at radius 3 is 2.24 bits per heavy atom. The largest absolute Gasteiger partial charge is 0.489 e. The summed E-state index contributed by atoms with van der Waals surface area (Å²) in [5.74, 6) is -4.14. The summed E-state index contributed by atoms with van der Waals surface area (Å²) in [6.45, 7) is 1.87. The highest BCUT2D eigenvalue weighted by Crippen LogP contribution is 2.22. The zero-order chi connectivity index (χ0) is 20.8.